The van der Waals surface area contributed by atoms with Gasteiger partial charge in [0, 0.05) is 67.5 Å². The minimum Gasteiger partial charge on any atom is -0.493 e. The molecule has 1 unspecified atom stereocenters. The molecule has 3 heterocycles. The third kappa shape index (κ3) is 5.59. The number of fused-ring (bicyclic) bond motifs is 1. The molecule has 0 saturated carbocycles. The lowest BCUT2D eigenvalue weighted by atomic mass is 9.97. The van der Waals surface area contributed by atoms with Crippen LogP contribution in [0.1, 0.15) is 52.4 Å². The molecule has 1 fully saturated rings. The predicted molar refractivity (Wildman–Crippen MR) is 149 cm³/mol. The van der Waals surface area contributed by atoms with Crippen LogP contribution in [-0.4, -0.2) is 54.6 Å². The second-order valence-electron chi connectivity index (χ2n) is 10.2. The van der Waals surface area contributed by atoms with Crippen molar-refractivity contribution in [2.24, 2.45) is 0 Å². The molecular weight excluding hydrogens is 478 g/mol. The summed E-state index contributed by atoms with van der Waals surface area (Å²) < 4.78 is 5.84. The fourth-order valence-electron chi connectivity index (χ4n) is 5.38. The van der Waals surface area contributed by atoms with E-state index in [-0.39, 0.29) is 24.0 Å². The van der Waals surface area contributed by atoms with Crippen molar-refractivity contribution in [3.63, 3.8) is 0 Å². The van der Waals surface area contributed by atoms with Crippen LogP contribution in [0.15, 0.2) is 60.9 Å². The molecule has 0 bridgehead atoms. The van der Waals surface area contributed by atoms with E-state index in [1.165, 1.54) is 5.69 Å². The quantitative estimate of drug-likeness (QED) is 0.497. The van der Waals surface area contributed by atoms with E-state index >= 15 is 0 Å². The minimum atomic E-state index is -0.274. The number of carbonyl (C=O) groups is 2. The van der Waals surface area contributed by atoms with E-state index in [1.54, 1.807) is 0 Å². The van der Waals surface area contributed by atoms with E-state index in [2.05, 4.69) is 20.5 Å². The van der Waals surface area contributed by atoms with Gasteiger partial charge in [0.2, 0.25) is 0 Å². The fraction of sp³-hybridized carbons (Fsp3) is 0.367. The zero-order chi connectivity index (χ0) is 26.6. The maximum Gasteiger partial charge on any atom is 0.319 e. The fourth-order valence-corrected chi connectivity index (χ4v) is 5.38. The van der Waals surface area contributed by atoms with Gasteiger partial charge < -0.3 is 25.2 Å². The Kier molecular flexibility index (Phi) is 7.49. The number of nitrogens with one attached hydrogen (secondary N) is 2. The van der Waals surface area contributed by atoms with Crippen LogP contribution < -0.4 is 20.3 Å². The Balaban J connectivity index is 1.24. The summed E-state index contributed by atoms with van der Waals surface area (Å²) in [5.74, 6) is 0.692. The molecule has 1 saturated heterocycles. The standard InChI is InChI=1S/C30H35N5O3/c1-20-4-6-26(21(2)18-20)32-30(37)33-27-12-17-38-28-7-5-22(19-25(27)28)29(36)34(3)23-10-15-35(16-11-23)24-8-13-31-14-9-24/h4-9,13-14,18-19,23,27H,10-12,15-17H2,1-3H3,(H2,32,33,37). The average Bonchev–Trinajstić information content (AvgIpc) is 2.94. The number of hydrogen-bond acceptors (Lipinski definition) is 5. The number of rotatable bonds is 5. The molecule has 3 amide bonds. The molecule has 2 N–H and O–H groups in total. The smallest absolute Gasteiger partial charge is 0.319 e. The van der Waals surface area contributed by atoms with Gasteiger partial charge >= 0.3 is 6.03 Å². The molecule has 1 atom stereocenters. The molecule has 2 aromatic carbocycles. The van der Waals surface area contributed by atoms with E-state index in [1.807, 2.05) is 86.7 Å². The monoisotopic (exact) mass is 513 g/mol. The van der Waals surface area contributed by atoms with Gasteiger partial charge in [0.15, 0.2) is 0 Å². The maximum absolute atomic E-state index is 13.5. The average molecular weight is 514 g/mol. The summed E-state index contributed by atoms with van der Waals surface area (Å²) >= 11 is 0. The first kappa shape index (κ1) is 25.6. The lowest BCUT2D eigenvalue weighted by Gasteiger charge is -2.38. The molecular formula is C30H35N5O3. The Bertz CT molecular complexity index is 1300. The Morgan fingerprint density at radius 3 is 2.50 bits per heavy atom. The zero-order valence-electron chi connectivity index (χ0n) is 22.2. The number of ether oxygens (including phenoxy) is 1. The van der Waals surface area contributed by atoms with Gasteiger partial charge in [-0.05, 0) is 68.7 Å². The maximum atomic E-state index is 13.5. The van der Waals surface area contributed by atoms with Crippen LogP contribution >= 0.6 is 0 Å². The number of carbonyl (C=O) groups excluding carboxylic acids is 2. The summed E-state index contributed by atoms with van der Waals surface area (Å²) in [5, 5.41) is 6.04. The van der Waals surface area contributed by atoms with Crippen LogP contribution in [0.3, 0.4) is 0 Å². The summed E-state index contributed by atoms with van der Waals surface area (Å²) in [6.07, 6.45) is 6.06. The van der Waals surface area contributed by atoms with Crippen molar-refractivity contribution >= 4 is 23.3 Å². The molecule has 1 aromatic heterocycles. The van der Waals surface area contributed by atoms with Gasteiger partial charge in [-0.25, -0.2) is 4.79 Å². The van der Waals surface area contributed by atoms with Crippen LogP contribution in [0, 0.1) is 13.8 Å². The second kappa shape index (κ2) is 11.1. The largest absolute Gasteiger partial charge is 0.493 e. The summed E-state index contributed by atoms with van der Waals surface area (Å²) in [5.41, 5.74) is 5.54. The Morgan fingerprint density at radius 1 is 1.00 bits per heavy atom. The SMILES string of the molecule is Cc1ccc(NC(=O)NC2CCOc3ccc(C(=O)N(C)C4CCN(c5ccncc5)CC4)cc32)c(C)c1. The Hall–Kier alpha value is -4.07. The molecule has 5 rings (SSSR count). The van der Waals surface area contributed by atoms with Gasteiger partial charge in [0.05, 0.1) is 12.6 Å². The number of urea groups is 1. The number of aromatic nitrogens is 1. The number of amides is 3. The molecule has 8 nitrogen and oxygen atoms in total. The number of anilines is 2. The third-order valence-electron chi connectivity index (χ3n) is 7.59. The van der Waals surface area contributed by atoms with Gasteiger partial charge in [-0.3, -0.25) is 9.78 Å². The van der Waals surface area contributed by atoms with Gasteiger partial charge in [0.25, 0.3) is 5.91 Å². The summed E-state index contributed by atoms with van der Waals surface area (Å²) in [6, 6.07) is 15.2. The molecule has 8 heteroatoms. The number of aryl methyl sites for hydroxylation is 2. The molecule has 2 aliphatic rings. The van der Waals surface area contributed by atoms with Gasteiger partial charge in [0.1, 0.15) is 5.75 Å². The van der Waals surface area contributed by atoms with Crippen LogP contribution in [0.5, 0.6) is 5.75 Å². The molecule has 2 aliphatic heterocycles. The predicted octanol–water partition coefficient (Wildman–Crippen LogP) is 5.08. The molecule has 38 heavy (non-hydrogen) atoms. The number of nitrogens with zero attached hydrogens (tertiary/aromatic N) is 3. The minimum absolute atomic E-state index is 0.0146. The topological polar surface area (TPSA) is 86.8 Å². The highest BCUT2D eigenvalue weighted by molar-refractivity contribution is 5.95. The Labute approximate surface area is 224 Å². The number of hydrogen-bond donors (Lipinski definition) is 2. The first-order chi connectivity index (χ1) is 18.4. The van der Waals surface area contributed by atoms with Gasteiger partial charge in [-0.2, -0.15) is 0 Å². The number of benzene rings is 2. The van der Waals surface area contributed by atoms with E-state index in [0.29, 0.717) is 24.3 Å². The molecule has 0 aliphatic carbocycles. The van der Waals surface area contributed by atoms with Crippen molar-refractivity contribution in [3.05, 3.63) is 83.2 Å². The highest BCUT2D eigenvalue weighted by atomic mass is 16.5. The summed E-state index contributed by atoms with van der Waals surface area (Å²) in [6.45, 7) is 6.30. The van der Waals surface area contributed by atoms with E-state index < -0.39 is 0 Å². The van der Waals surface area contributed by atoms with E-state index in [9.17, 15) is 9.59 Å². The lowest BCUT2D eigenvalue weighted by molar-refractivity contribution is 0.0709. The van der Waals surface area contributed by atoms with Crippen molar-refractivity contribution in [2.75, 3.05) is 37.0 Å². The molecule has 0 spiro atoms. The van der Waals surface area contributed by atoms with Crippen LogP contribution in [0.4, 0.5) is 16.2 Å². The number of pyridine rings is 1. The molecule has 198 valence electrons. The van der Waals surface area contributed by atoms with Crippen molar-refractivity contribution in [1.82, 2.24) is 15.2 Å². The highest BCUT2D eigenvalue weighted by Gasteiger charge is 2.29. The van der Waals surface area contributed by atoms with E-state index in [0.717, 1.165) is 48.3 Å². The number of piperidine rings is 1. The Morgan fingerprint density at radius 2 is 1.76 bits per heavy atom. The van der Waals surface area contributed by atoms with Crippen LogP contribution in [-0.2, 0) is 0 Å². The summed E-state index contributed by atoms with van der Waals surface area (Å²) in [4.78, 5) is 34.6. The van der Waals surface area contributed by atoms with Crippen LogP contribution in [0.2, 0.25) is 0 Å². The highest BCUT2D eigenvalue weighted by Crippen LogP contribution is 2.33. The summed E-state index contributed by atoms with van der Waals surface area (Å²) in [7, 11) is 1.89. The van der Waals surface area contributed by atoms with Crippen molar-refractivity contribution < 1.29 is 14.3 Å². The van der Waals surface area contributed by atoms with Crippen molar-refractivity contribution in [2.45, 2.75) is 45.2 Å². The molecule has 0 radical (unpaired) electrons. The zero-order valence-corrected chi connectivity index (χ0v) is 22.2. The first-order valence-electron chi connectivity index (χ1n) is 13.2. The lowest BCUT2D eigenvalue weighted by Crippen LogP contribution is -2.45. The van der Waals surface area contributed by atoms with Crippen LogP contribution in [0.25, 0.3) is 0 Å². The van der Waals surface area contributed by atoms with Crippen molar-refractivity contribution in [3.8, 4) is 5.75 Å². The van der Waals surface area contributed by atoms with Crippen molar-refractivity contribution in [1.29, 1.82) is 0 Å². The van der Waals surface area contributed by atoms with E-state index in [4.69, 9.17) is 4.74 Å². The normalized spacial score (nSPS) is 17.2. The third-order valence-corrected chi connectivity index (χ3v) is 7.59. The molecule has 3 aromatic rings. The van der Waals surface area contributed by atoms with Gasteiger partial charge in [-0.15, -0.1) is 0 Å². The second-order valence-corrected chi connectivity index (χ2v) is 10.2. The van der Waals surface area contributed by atoms with Gasteiger partial charge in [-0.1, -0.05) is 17.7 Å². The first-order valence-corrected chi connectivity index (χ1v) is 13.2.